The first-order chi connectivity index (χ1) is 19.0. The van der Waals surface area contributed by atoms with Gasteiger partial charge in [0, 0.05) is 37.4 Å². The van der Waals surface area contributed by atoms with Crippen LogP contribution < -0.4 is 10.6 Å². The van der Waals surface area contributed by atoms with E-state index < -0.39 is 12.1 Å². The Labute approximate surface area is 226 Å². The molecule has 0 N–H and O–H groups in total. The fraction of sp³-hybridized carbons (Fsp3) is 0.300. The van der Waals surface area contributed by atoms with E-state index in [4.69, 9.17) is 4.74 Å². The van der Waals surface area contributed by atoms with E-state index in [0.29, 0.717) is 30.9 Å². The highest BCUT2D eigenvalue weighted by molar-refractivity contribution is 5.77. The molecule has 202 valence electrons. The van der Waals surface area contributed by atoms with Gasteiger partial charge in [0.1, 0.15) is 18.2 Å². The van der Waals surface area contributed by atoms with Crippen LogP contribution in [0.2, 0.25) is 0 Å². The molecule has 0 radical (unpaired) electrons. The van der Waals surface area contributed by atoms with E-state index in [1.54, 1.807) is 25.1 Å². The fourth-order valence-corrected chi connectivity index (χ4v) is 5.12. The van der Waals surface area contributed by atoms with Gasteiger partial charge in [-0.3, -0.25) is 4.90 Å². The van der Waals surface area contributed by atoms with Gasteiger partial charge in [-0.1, -0.05) is 48.5 Å². The first kappa shape index (κ1) is 26.4. The molecular weight excluding hydrogens is 497 g/mol. The molecule has 0 unspecified atom stereocenters. The van der Waals surface area contributed by atoms with Gasteiger partial charge in [0.05, 0.1) is 18.3 Å². The summed E-state index contributed by atoms with van der Waals surface area (Å²) in [6, 6.07) is 22.9. The van der Waals surface area contributed by atoms with Crippen LogP contribution >= 0.6 is 0 Å². The third kappa shape index (κ3) is 5.49. The van der Waals surface area contributed by atoms with Gasteiger partial charge in [-0.05, 0) is 49.7 Å². The first-order valence-corrected chi connectivity index (χ1v) is 13.2. The molecule has 1 saturated heterocycles. The van der Waals surface area contributed by atoms with Gasteiger partial charge in [-0.15, -0.1) is 0 Å². The lowest BCUT2D eigenvalue weighted by atomic mass is 10.0. The van der Waals surface area contributed by atoms with E-state index in [0.717, 1.165) is 24.3 Å². The summed E-state index contributed by atoms with van der Waals surface area (Å²) < 4.78 is 22.4. The molecule has 1 aliphatic heterocycles. The average molecular weight is 530 g/mol. The predicted molar refractivity (Wildman–Crippen MR) is 148 cm³/mol. The Morgan fingerprint density at radius 2 is 1.56 bits per heavy atom. The van der Waals surface area contributed by atoms with Gasteiger partial charge in [0.25, 0.3) is 0 Å². The van der Waals surface area contributed by atoms with Gasteiger partial charge >= 0.3 is 11.7 Å². The molecule has 0 aliphatic carbocycles. The summed E-state index contributed by atoms with van der Waals surface area (Å²) in [7, 11) is 0. The van der Waals surface area contributed by atoms with Crippen LogP contribution in [0.15, 0.2) is 90.0 Å². The predicted octanol–water partition coefficient (Wildman–Crippen LogP) is 4.21. The Kier molecular flexibility index (Phi) is 7.88. The molecule has 2 heterocycles. The zero-order valence-corrected chi connectivity index (χ0v) is 22.1. The highest BCUT2D eigenvalue weighted by atomic mass is 19.1. The highest BCUT2D eigenvalue weighted by Crippen LogP contribution is 2.26. The molecule has 9 heteroatoms. The van der Waals surface area contributed by atoms with Crippen molar-refractivity contribution in [1.29, 1.82) is 0 Å². The number of aromatic nitrogens is 3. The maximum atomic E-state index is 14.3. The van der Waals surface area contributed by atoms with Gasteiger partial charge in [0.2, 0.25) is 0 Å². The van der Waals surface area contributed by atoms with Crippen LogP contribution in [0.1, 0.15) is 37.1 Å². The molecule has 3 aromatic carbocycles. The minimum atomic E-state index is -0.537. The van der Waals surface area contributed by atoms with Crippen LogP contribution in [0.5, 0.6) is 0 Å². The number of anilines is 1. The summed E-state index contributed by atoms with van der Waals surface area (Å²) in [6.45, 7) is 6.84. The van der Waals surface area contributed by atoms with Crippen molar-refractivity contribution >= 4 is 11.7 Å². The minimum absolute atomic E-state index is 0.225. The Balaban J connectivity index is 1.27. The number of hydrogen-bond acceptors (Lipinski definition) is 6. The quantitative estimate of drug-likeness (QED) is 0.319. The number of piperazine rings is 1. The number of benzene rings is 3. The van der Waals surface area contributed by atoms with Crippen LogP contribution in [-0.4, -0.2) is 58.0 Å². The van der Waals surface area contributed by atoms with E-state index in [9.17, 15) is 14.0 Å². The summed E-state index contributed by atoms with van der Waals surface area (Å²) in [5, 5.41) is 4.25. The van der Waals surface area contributed by atoms with Crippen molar-refractivity contribution in [3.05, 3.63) is 113 Å². The van der Waals surface area contributed by atoms with Crippen molar-refractivity contribution in [3.63, 3.8) is 0 Å². The second-order valence-corrected chi connectivity index (χ2v) is 9.53. The SMILES string of the molecule is CCOC(=O)[C@H](c1ccccc1)N1CCN(c2ccc(-n3cnn([C@H](C)c4ccccc4F)c3=O)cc2)CC1. The number of carbonyl (C=O) groups excluding carboxylic acids is 1. The lowest BCUT2D eigenvalue weighted by Crippen LogP contribution is -2.49. The zero-order valence-electron chi connectivity index (χ0n) is 22.1. The topological polar surface area (TPSA) is 72.6 Å². The van der Waals surface area contributed by atoms with Crippen LogP contribution in [0.3, 0.4) is 0 Å². The summed E-state index contributed by atoms with van der Waals surface area (Å²) in [5.74, 6) is -0.593. The van der Waals surface area contributed by atoms with E-state index in [2.05, 4.69) is 14.9 Å². The Bertz CT molecular complexity index is 1460. The van der Waals surface area contributed by atoms with Gasteiger partial charge in [-0.2, -0.15) is 5.10 Å². The van der Waals surface area contributed by atoms with E-state index in [1.807, 2.05) is 61.5 Å². The molecule has 39 heavy (non-hydrogen) atoms. The summed E-state index contributed by atoms with van der Waals surface area (Å²) in [6.07, 6.45) is 1.46. The molecule has 4 aromatic rings. The second-order valence-electron chi connectivity index (χ2n) is 9.53. The number of carbonyl (C=O) groups is 1. The zero-order chi connectivity index (χ0) is 27.4. The lowest BCUT2D eigenvalue weighted by Gasteiger charge is -2.39. The van der Waals surface area contributed by atoms with E-state index in [1.165, 1.54) is 21.6 Å². The maximum absolute atomic E-state index is 14.3. The van der Waals surface area contributed by atoms with Crippen LogP contribution in [0, 0.1) is 5.82 Å². The summed E-state index contributed by atoms with van der Waals surface area (Å²) in [4.78, 5) is 30.3. The Morgan fingerprint density at radius 3 is 2.23 bits per heavy atom. The first-order valence-electron chi connectivity index (χ1n) is 13.2. The number of rotatable bonds is 8. The normalized spacial score (nSPS) is 15.6. The molecule has 1 aliphatic rings. The van der Waals surface area contributed by atoms with Crippen LogP contribution in [0.25, 0.3) is 5.69 Å². The molecule has 8 nitrogen and oxygen atoms in total. The smallest absolute Gasteiger partial charge is 0.350 e. The van der Waals surface area contributed by atoms with Crippen molar-refractivity contribution in [1.82, 2.24) is 19.2 Å². The molecule has 2 atom stereocenters. The Hall–Kier alpha value is -4.24. The monoisotopic (exact) mass is 529 g/mol. The molecule has 0 saturated carbocycles. The largest absolute Gasteiger partial charge is 0.465 e. The van der Waals surface area contributed by atoms with Crippen LogP contribution in [0.4, 0.5) is 10.1 Å². The van der Waals surface area contributed by atoms with Crippen molar-refractivity contribution in [2.75, 3.05) is 37.7 Å². The molecule has 1 fully saturated rings. The van der Waals surface area contributed by atoms with Crippen molar-refractivity contribution in [2.24, 2.45) is 0 Å². The van der Waals surface area contributed by atoms with E-state index in [-0.39, 0.29) is 17.5 Å². The maximum Gasteiger partial charge on any atom is 0.350 e. The number of esters is 1. The van der Waals surface area contributed by atoms with Crippen molar-refractivity contribution in [3.8, 4) is 5.69 Å². The third-order valence-corrected chi connectivity index (χ3v) is 7.21. The standard InChI is InChI=1S/C30H32FN5O3/c1-3-39-29(37)28(23-9-5-4-6-10-23)34-19-17-33(18-20-34)24-13-15-25(16-14-24)35-21-32-36(30(35)38)22(2)26-11-7-8-12-27(26)31/h4-16,21-22,28H,3,17-20H2,1-2H3/t22-,28+/m1/s1. The fourth-order valence-electron chi connectivity index (χ4n) is 5.12. The summed E-state index contributed by atoms with van der Waals surface area (Å²) in [5.41, 5.74) is 2.73. The molecular formula is C30H32FN5O3. The molecule has 0 spiro atoms. The van der Waals surface area contributed by atoms with Crippen LogP contribution in [-0.2, 0) is 9.53 Å². The third-order valence-electron chi connectivity index (χ3n) is 7.21. The summed E-state index contributed by atoms with van der Waals surface area (Å²) >= 11 is 0. The van der Waals surface area contributed by atoms with Gasteiger partial charge in [-0.25, -0.2) is 23.2 Å². The Morgan fingerprint density at radius 1 is 0.923 bits per heavy atom. The van der Waals surface area contributed by atoms with Gasteiger partial charge in [0.15, 0.2) is 0 Å². The molecule has 0 amide bonds. The van der Waals surface area contributed by atoms with Gasteiger partial charge < -0.3 is 9.64 Å². The van der Waals surface area contributed by atoms with Crippen molar-refractivity contribution < 1.29 is 13.9 Å². The number of hydrogen-bond donors (Lipinski definition) is 0. The molecule has 0 bridgehead atoms. The molecule has 5 rings (SSSR count). The molecule has 1 aromatic heterocycles. The number of nitrogens with zero attached hydrogens (tertiary/aromatic N) is 5. The average Bonchev–Trinajstić information content (AvgIpc) is 3.35. The van der Waals surface area contributed by atoms with Crippen molar-refractivity contribution in [2.45, 2.75) is 25.9 Å². The number of ether oxygens (including phenoxy) is 1. The van der Waals surface area contributed by atoms with E-state index >= 15 is 0 Å². The highest BCUT2D eigenvalue weighted by Gasteiger charge is 2.31. The minimum Gasteiger partial charge on any atom is -0.465 e. The second kappa shape index (κ2) is 11.7. The number of halogens is 1. The lowest BCUT2D eigenvalue weighted by molar-refractivity contribution is -0.150.